The van der Waals surface area contributed by atoms with Gasteiger partial charge in [-0.25, -0.2) is 0 Å². The van der Waals surface area contributed by atoms with E-state index in [1.165, 1.54) is 12.1 Å². The number of allylic oxidation sites excluding steroid dienone is 1. The molecule has 2 saturated heterocycles. The van der Waals surface area contributed by atoms with Crippen LogP contribution in [0.5, 0.6) is 0 Å². The zero-order valence-electron chi connectivity index (χ0n) is 16.7. The smallest absolute Gasteiger partial charge is 0.248 e. The maximum absolute atomic E-state index is 11.8. The Kier molecular flexibility index (Phi) is 6.21. The SMILES string of the molecule is NC(=O)C1=C(NCC2CCCN2)C=C(Nc2ccc(N3CCOCC3)cc2)NC1. The number of primary amides is 1. The molecule has 1 unspecified atom stereocenters. The number of ether oxygens (including phenoxy) is 1. The third-order valence-electron chi connectivity index (χ3n) is 5.59. The summed E-state index contributed by atoms with van der Waals surface area (Å²) >= 11 is 0. The van der Waals surface area contributed by atoms with Crippen LogP contribution >= 0.6 is 0 Å². The minimum Gasteiger partial charge on any atom is -0.383 e. The molecule has 3 aliphatic rings. The minimum absolute atomic E-state index is 0.399. The molecule has 6 N–H and O–H groups in total. The summed E-state index contributed by atoms with van der Waals surface area (Å²) in [5.74, 6) is 0.445. The molecule has 1 aromatic rings. The van der Waals surface area contributed by atoms with Crippen LogP contribution in [0.4, 0.5) is 11.4 Å². The van der Waals surface area contributed by atoms with Gasteiger partial charge in [0.2, 0.25) is 5.91 Å². The number of carbonyl (C=O) groups excluding carboxylic acids is 1. The van der Waals surface area contributed by atoms with Crippen molar-refractivity contribution in [3.8, 4) is 0 Å². The van der Waals surface area contributed by atoms with E-state index in [9.17, 15) is 4.79 Å². The molecular formula is C21H30N6O2. The Balaban J connectivity index is 1.41. The molecule has 1 aromatic carbocycles. The Morgan fingerprint density at radius 1 is 1.24 bits per heavy atom. The van der Waals surface area contributed by atoms with Gasteiger partial charge in [0.25, 0.3) is 0 Å². The van der Waals surface area contributed by atoms with Crippen LogP contribution in [-0.4, -0.2) is 57.9 Å². The van der Waals surface area contributed by atoms with Crippen molar-refractivity contribution in [3.05, 3.63) is 47.4 Å². The van der Waals surface area contributed by atoms with E-state index in [1.807, 2.05) is 6.08 Å². The Morgan fingerprint density at radius 3 is 2.72 bits per heavy atom. The van der Waals surface area contributed by atoms with Crippen LogP contribution in [-0.2, 0) is 9.53 Å². The van der Waals surface area contributed by atoms with Gasteiger partial charge < -0.3 is 36.6 Å². The van der Waals surface area contributed by atoms with Gasteiger partial charge in [-0.2, -0.15) is 0 Å². The van der Waals surface area contributed by atoms with Gasteiger partial charge in [0.05, 0.1) is 18.8 Å². The fraction of sp³-hybridized carbons (Fsp3) is 0.476. The maximum Gasteiger partial charge on any atom is 0.248 e. The van der Waals surface area contributed by atoms with Crippen molar-refractivity contribution in [2.45, 2.75) is 18.9 Å². The van der Waals surface area contributed by atoms with E-state index in [0.29, 0.717) is 18.2 Å². The number of hydrogen-bond donors (Lipinski definition) is 5. The molecule has 156 valence electrons. The second-order valence-electron chi connectivity index (χ2n) is 7.61. The van der Waals surface area contributed by atoms with Gasteiger partial charge in [-0.1, -0.05) is 0 Å². The van der Waals surface area contributed by atoms with Gasteiger partial charge in [0, 0.05) is 55.4 Å². The van der Waals surface area contributed by atoms with Crippen molar-refractivity contribution >= 4 is 17.3 Å². The number of dihydropyridines is 1. The molecule has 8 nitrogen and oxygen atoms in total. The molecule has 3 aliphatic heterocycles. The highest BCUT2D eigenvalue weighted by atomic mass is 16.5. The highest BCUT2D eigenvalue weighted by Crippen LogP contribution is 2.21. The monoisotopic (exact) mass is 398 g/mol. The van der Waals surface area contributed by atoms with Gasteiger partial charge in [0.15, 0.2) is 0 Å². The van der Waals surface area contributed by atoms with E-state index in [4.69, 9.17) is 10.5 Å². The average molecular weight is 399 g/mol. The summed E-state index contributed by atoms with van der Waals surface area (Å²) in [6.45, 7) is 5.63. The fourth-order valence-electron chi connectivity index (χ4n) is 3.92. The number of anilines is 2. The summed E-state index contributed by atoms with van der Waals surface area (Å²) in [6, 6.07) is 8.80. The van der Waals surface area contributed by atoms with Crippen LogP contribution in [0, 0.1) is 0 Å². The highest BCUT2D eigenvalue weighted by Gasteiger charge is 2.20. The summed E-state index contributed by atoms with van der Waals surface area (Å²) in [6.07, 6.45) is 4.27. The molecule has 4 rings (SSSR count). The molecule has 8 heteroatoms. The van der Waals surface area contributed by atoms with Crippen LogP contribution < -0.4 is 31.9 Å². The maximum atomic E-state index is 11.8. The van der Waals surface area contributed by atoms with Gasteiger partial charge >= 0.3 is 0 Å². The number of nitrogens with zero attached hydrogens (tertiary/aromatic N) is 1. The van der Waals surface area contributed by atoms with Crippen molar-refractivity contribution in [1.29, 1.82) is 0 Å². The summed E-state index contributed by atoms with van der Waals surface area (Å²) < 4.78 is 5.42. The predicted octanol–water partition coefficient (Wildman–Crippen LogP) is 0.461. The van der Waals surface area contributed by atoms with Crippen LogP contribution in [0.15, 0.2) is 47.4 Å². The number of rotatable bonds is 7. The van der Waals surface area contributed by atoms with Crippen molar-refractivity contribution < 1.29 is 9.53 Å². The molecule has 1 atom stereocenters. The molecule has 0 aromatic heterocycles. The lowest BCUT2D eigenvalue weighted by atomic mass is 10.1. The van der Waals surface area contributed by atoms with E-state index in [-0.39, 0.29) is 0 Å². The molecule has 0 spiro atoms. The predicted molar refractivity (Wildman–Crippen MR) is 114 cm³/mol. The average Bonchev–Trinajstić information content (AvgIpc) is 3.27. The molecule has 0 aliphatic carbocycles. The normalized spacial score (nSPS) is 22.1. The standard InChI is InChI=1S/C21H30N6O2/c22-21(28)18-14-25-20(12-19(18)24-13-16-2-1-7-23-16)26-15-3-5-17(6-4-15)27-8-10-29-11-9-27/h3-6,12,16,23-26H,1-2,7-11,13-14H2,(H2,22,28). The van der Waals surface area contributed by atoms with Crippen molar-refractivity contribution in [1.82, 2.24) is 16.0 Å². The minimum atomic E-state index is -0.399. The molecule has 0 radical (unpaired) electrons. The van der Waals surface area contributed by atoms with E-state index in [1.54, 1.807) is 0 Å². The lowest BCUT2D eigenvalue weighted by Gasteiger charge is -2.29. The fourth-order valence-corrected chi connectivity index (χ4v) is 3.92. The molecular weight excluding hydrogens is 368 g/mol. The topological polar surface area (TPSA) is 104 Å². The molecule has 1 amide bonds. The van der Waals surface area contributed by atoms with Gasteiger partial charge in [-0.05, 0) is 43.7 Å². The first-order chi connectivity index (χ1) is 14.2. The van der Waals surface area contributed by atoms with Gasteiger partial charge in [0.1, 0.15) is 5.82 Å². The van der Waals surface area contributed by atoms with Crippen molar-refractivity contribution in [2.75, 3.05) is 56.2 Å². The van der Waals surface area contributed by atoms with Crippen LogP contribution in [0.1, 0.15) is 12.8 Å². The quantitative estimate of drug-likeness (QED) is 0.455. The Hall–Kier alpha value is -2.71. The van der Waals surface area contributed by atoms with Crippen LogP contribution in [0.2, 0.25) is 0 Å². The number of nitrogens with one attached hydrogen (secondary N) is 4. The largest absolute Gasteiger partial charge is 0.383 e. The van der Waals surface area contributed by atoms with E-state index >= 15 is 0 Å². The van der Waals surface area contributed by atoms with Gasteiger partial charge in [-0.3, -0.25) is 4.79 Å². The number of carbonyl (C=O) groups is 1. The number of benzene rings is 1. The first-order valence-corrected chi connectivity index (χ1v) is 10.3. The molecule has 0 saturated carbocycles. The lowest BCUT2D eigenvalue weighted by Crippen LogP contribution is -2.38. The number of hydrogen-bond acceptors (Lipinski definition) is 7. The number of morpholine rings is 1. The first kappa shape index (κ1) is 19.6. The Bertz CT molecular complexity index is 777. The van der Waals surface area contributed by atoms with Crippen LogP contribution in [0.3, 0.4) is 0 Å². The highest BCUT2D eigenvalue weighted by molar-refractivity contribution is 5.94. The van der Waals surface area contributed by atoms with Gasteiger partial charge in [-0.15, -0.1) is 0 Å². The van der Waals surface area contributed by atoms with Crippen LogP contribution in [0.25, 0.3) is 0 Å². The molecule has 0 bridgehead atoms. The third-order valence-corrected chi connectivity index (χ3v) is 5.59. The summed E-state index contributed by atoms with van der Waals surface area (Å²) in [4.78, 5) is 14.1. The van der Waals surface area contributed by atoms with E-state index in [2.05, 4.69) is 50.4 Å². The zero-order valence-corrected chi connectivity index (χ0v) is 16.7. The van der Waals surface area contributed by atoms with Crippen molar-refractivity contribution in [2.24, 2.45) is 5.73 Å². The Labute approximate surface area is 171 Å². The summed E-state index contributed by atoms with van der Waals surface area (Å²) in [5, 5.41) is 13.5. The Morgan fingerprint density at radius 2 is 2.03 bits per heavy atom. The van der Waals surface area contributed by atoms with Crippen molar-refractivity contribution in [3.63, 3.8) is 0 Å². The van der Waals surface area contributed by atoms with E-state index in [0.717, 1.165) is 63.0 Å². The molecule has 2 fully saturated rings. The molecule has 3 heterocycles. The lowest BCUT2D eigenvalue weighted by molar-refractivity contribution is -0.114. The number of amides is 1. The zero-order chi connectivity index (χ0) is 20.1. The molecule has 29 heavy (non-hydrogen) atoms. The van der Waals surface area contributed by atoms with E-state index < -0.39 is 5.91 Å². The summed E-state index contributed by atoms with van der Waals surface area (Å²) in [5.41, 5.74) is 9.13. The second kappa shape index (κ2) is 9.19. The summed E-state index contributed by atoms with van der Waals surface area (Å²) in [7, 11) is 0. The number of nitrogens with two attached hydrogens (primary N) is 1. The third kappa shape index (κ3) is 5.02. The second-order valence-corrected chi connectivity index (χ2v) is 7.61. The first-order valence-electron chi connectivity index (χ1n) is 10.3.